The van der Waals surface area contributed by atoms with Crippen molar-refractivity contribution in [1.29, 1.82) is 0 Å². The summed E-state index contributed by atoms with van der Waals surface area (Å²) in [6, 6.07) is 7.44. The van der Waals surface area contributed by atoms with Gasteiger partial charge in [0.1, 0.15) is 12.3 Å². The summed E-state index contributed by atoms with van der Waals surface area (Å²) in [5, 5.41) is 1.10. The van der Waals surface area contributed by atoms with Crippen LogP contribution in [0.3, 0.4) is 0 Å². The molecule has 17 heavy (non-hydrogen) atoms. The number of carbonyl (C=O) groups is 1. The number of benzene rings is 1. The van der Waals surface area contributed by atoms with E-state index in [2.05, 4.69) is 14.6 Å². The Morgan fingerprint density at radius 2 is 2.29 bits per heavy atom. The first-order chi connectivity index (χ1) is 8.35. The summed E-state index contributed by atoms with van der Waals surface area (Å²) in [4.78, 5) is 17.9. The summed E-state index contributed by atoms with van der Waals surface area (Å²) >= 11 is 0. The molecule has 0 bridgehead atoms. The van der Waals surface area contributed by atoms with E-state index in [0.717, 1.165) is 29.2 Å². The number of para-hydroxylation sites is 1. The lowest BCUT2D eigenvalue weighted by molar-refractivity contribution is -0.108. The minimum Gasteiger partial charge on any atom is -0.560 e. The second-order valence-corrected chi connectivity index (χ2v) is 3.66. The highest BCUT2D eigenvalue weighted by Gasteiger charge is 2.09. The largest absolute Gasteiger partial charge is 0.560 e. The van der Waals surface area contributed by atoms with Gasteiger partial charge in [-0.05, 0) is 11.6 Å². The number of carbonyl (C=O) groups excluding carboxylic acids is 1. The molecule has 0 spiro atoms. The Morgan fingerprint density at radius 3 is 3.06 bits per heavy atom. The van der Waals surface area contributed by atoms with E-state index in [-0.39, 0.29) is 0 Å². The predicted molar refractivity (Wildman–Crippen MR) is 67.2 cm³/mol. The molecule has 0 aliphatic heterocycles. The number of aliphatic imine (C=N–C) groups is 1. The van der Waals surface area contributed by atoms with Crippen molar-refractivity contribution in [2.45, 2.75) is 12.5 Å². The maximum atomic E-state index is 10.9. The highest BCUT2D eigenvalue weighted by atomic mass is 16.4. The van der Waals surface area contributed by atoms with Gasteiger partial charge in [-0.3, -0.25) is 0 Å². The molecule has 2 radical (unpaired) electrons. The van der Waals surface area contributed by atoms with Gasteiger partial charge in [0.05, 0.1) is 0 Å². The average molecular weight is 226 g/mol. The Labute approximate surface area is 100 Å². The topological polar surface area (TPSA) is 54.4 Å². The molecule has 0 fully saturated rings. The number of rotatable bonds is 5. The summed E-state index contributed by atoms with van der Waals surface area (Å²) in [6.45, 7) is 0. The number of nitrogens with one attached hydrogen (secondary N) is 1. The number of fused-ring (bicyclic) bond motifs is 1. The van der Waals surface area contributed by atoms with Gasteiger partial charge in [0.15, 0.2) is 6.40 Å². The van der Waals surface area contributed by atoms with Gasteiger partial charge in [0, 0.05) is 23.5 Å². The van der Waals surface area contributed by atoms with E-state index in [9.17, 15) is 4.79 Å². The van der Waals surface area contributed by atoms with Crippen molar-refractivity contribution in [3.63, 3.8) is 0 Å². The average Bonchev–Trinajstić information content (AvgIpc) is 2.78. The Kier molecular flexibility index (Phi) is 3.60. The second kappa shape index (κ2) is 5.34. The van der Waals surface area contributed by atoms with Crippen molar-refractivity contribution in [3.05, 3.63) is 36.0 Å². The summed E-state index contributed by atoms with van der Waals surface area (Å²) in [5.74, 6) is 0. The fourth-order valence-corrected chi connectivity index (χ4v) is 1.78. The molecule has 0 saturated carbocycles. The first-order valence-corrected chi connectivity index (χ1v) is 5.22. The van der Waals surface area contributed by atoms with Crippen LogP contribution in [0, 0.1) is 0 Å². The van der Waals surface area contributed by atoms with Gasteiger partial charge in [-0.2, -0.15) is 0 Å². The third-order valence-electron chi connectivity index (χ3n) is 2.57. The van der Waals surface area contributed by atoms with Crippen molar-refractivity contribution in [3.8, 4) is 0 Å². The number of nitrogens with zero attached hydrogens (tertiary/aromatic N) is 1. The van der Waals surface area contributed by atoms with E-state index in [1.165, 1.54) is 0 Å². The van der Waals surface area contributed by atoms with E-state index < -0.39 is 6.04 Å². The Hall–Kier alpha value is -2.04. The normalized spacial score (nSPS) is 12.9. The molecule has 0 amide bonds. The lowest BCUT2D eigenvalue weighted by Gasteiger charge is -2.03. The molecular weight excluding hydrogens is 215 g/mol. The monoisotopic (exact) mass is 226 g/mol. The van der Waals surface area contributed by atoms with Crippen LogP contribution < -0.4 is 0 Å². The van der Waals surface area contributed by atoms with E-state index >= 15 is 0 Å². The van der Waals surface area contributed by atoms with Crippen LogP contribution in [0.15, 0.2) is 35.5 Å². The van der Waals surface area contributed by atoms with Crippen LogP contribution in [0.4, 0.5) is 0 Å². The SMILES string of the molecule is [B]OC=N[C@H](C=O)Cc1c[nH]c2ccccc12. The van der Waals surface area contributed by atoms with Crippen molar-refractivity contribution < 1.29 is 9.45 Å². The Bertz CT molecular complexity index is 536. The Morgan fingerprint density at radius 1 is 1.47 bits per heavy atom. The maximum Gasteiger partial charge on any atom is 0.375 e. The smallest absolute Gasteiger partial charge is 0.375 e. The Balaban J connectivity index is 2.22. The zero-order chi connectivity index (χ0) is 12.1. The summed E-state index contributed by atoms with van der Waals surface area (Å²) in [6.07, 6.45) is 4.26. The molecule has 0 aliphatic carbocycles. The third kappa shape index (κ3) is 2.56. The van der Waals surface area contributed by atoms with Gasteiger partial charge < -0.3 is 14.4 Å². The van der Waals surface area contributed by atoms with Crippen LogP contribution in [0.1, 0.15) is 5.56 Å². The molecule has 1 atom stereocenters. The number of hydrogen-bond donors (Lipinski definition) is 1. The van der Waals surface area contributed by atoms with Gasteiger partial charge in [-0.1, -0.05) is 18.2 Å². The van der Waals surface area contributed by atoms with E-state index in [1.54, 1.807) is 0 Å². The van der Waals surface area contributed by atoms with Gasteiger partial charge in [-0.15, -0.1) is 0 Å². The summed E-state index contributed by atoms with van der Waals surface area (Å²) in [7, 11) is 4.82. The van der Waals surface area contributed by atoms with Crippen LogP contribution >= 0.6 is 0 Å². The zero-order valence-electron chi connectivity index (χ0n) is 9.17. The fourth-order valence-electron chi connectivity index (χ4n) is 1.78. The fraction of sp³-hybridized carbons (Fsp3) is 0.167. The van der Waals surface area contributed by atoms with E-state index in [4.69, 9.17) is 8.05 Å². The zero-order valence-corrected chi connectivity index (χ0v) is 9.17. The number of aldehydes is 1. The molecule has 1 N–H and O–H groups in total. The molecule has 1 aromatic carbocycles. The minimum absolute atomic E-state index is 0.474. The third-order valence-corrected chi connectivity index (χ3v) is 2.57. The number of aromatic amines is 1. The maximum absolute atomic E-state index is 10.9. The van der Waals surface area contributed by atoms with Gasteiger partial charge >= 0.3 is 8.05 Å². The first kappa shape index (κ1) is 11.5. The molecule has 4 nitrogen and oxygen atoms in total. The molecule has 2 aromatic rings. The number of aromatic nitrogens is 1. The van der Waals surface area contributed by atoms with Gasteiger partial charge in [-0.25, -0.2) is 4.99 Å². The van der Waals surface area contributed by atoms with Crippen LogP contribution in [0.2, 0.25) is 0 Å². The highest BCUT2D eigenvalue weighted by Crippen LogP contribution is 2.19. The van der Waals surface area contributed by atoms with Crippen LogP contribution in [-0.2, 0) is 15.9 Å². The quantitative estimate of drug-likeness (QED) is 0.362. The van der Waals surface area contributed by atoms with Crippen molar-refractivity contribution in [2.24, 2.45) is 4.99 Å². The van der Waals surface area contributed by atoms with Crippen LogP contribution in [0.25, 0.3) is 10.9 Å². The molecule has 0 aliphatic rings. The predicted octanol–water partition coefficient (Wildman–Crippen LogP) is 1.41. The number of hydrogen-bond acceptors (Lipinski definition) is 3. The standard InChI is InChI=1S/C12H11BN2O2/c13-17-8-15-10(7-16)5-9-6-14-12-4-2-1-3-11(9)12/h1-4,6-8,10,14H,5H2/t10-/m0/s1. The molecule has 84 valence electrons. The molecule has 2 rings (SSSR count). The molecule has 0 unspecified atom stereocenters. The molecule has 5 heteroatoms. The van der Waals surface area contributed by atoms with Crippen LogP contribution in [-0.4, -0.2) is 31.8 Å². The lowest BCUT2D eigenvalue weighted by Crippen LogP contribution is -2.10. The molecule has 1 heterocycles. The molecule has 1 aromatic heterocycles. The minimum atomic E-state index is -0.474. The van der Waals surface area contributed by atoms with E-state index in [1.807, 2.05) is 30.5 Å². The van der Waals surface area contributed by atoms with E-state index in [0.29, 0.717) is 6.42 Å². The lowest BCUT2D eigenvalue weighted by atomic mass is 10.1. The van der Waals surface area contributed by atoms with Gasteiger partial charge in [0.2, 0.25) is 0 Å². The molecule has 0 saturated heterocycles. The highest BCUT2D eigenvalue weighted by molar-refractivity contribution is 6.02. The van der Waals surface area contributed by atoms with Crippen molar-refractivity contribution in [1.82, 2.24) is 4.98 Å². The summed E-state index contributed by atoms with van der Waals surface area (Å²) in [5.41, 5.74) is 2.10. The van der Waals surface area contributed by atoms with Gasteiger partial charge in [0.25, 0.3) is 0 Å². The molecular formula is C12H11BN2O2. The number of H-pyrrole nitrogens is 1. The first-order valence-electron chi connectivity index (χ1n) is 5.22. The summed E-state index contributed by atoms with van der Waals surface area (Å²) < 4.78 is 4.22. The van der Waals surface area contributed by atoms with Crippen LogP contribution in [0.5, 0.6) is 0 Å². The van der Waals surface area contributed by atoms with Crippen molar-refractivity contribution in [2.75, 3.05) is 0 Å². The van der Waals surface area contributed by atoms with Crippen molar-refractivity contribution >= 4 is 31.6 Å². The second-order valence-electron chi connectivity index (χ2n) is 3.66.